The number of nitrogens with one attached hydrogen (secondary N) is 1. The first kappa shape index (κ1) is 16.5. The fourth-order valence-corrected chi connectivity index (χ4v) is 5.06. The van der Waals surface area contributed by atoms with E-state index in [1.54, 1.807) is 13.0 Å². The predicted octanol–water partition coefficient (Wildman–Crippen LogP) is 2.49. The molecule has 1 fully saturated rings. The van der Waals surface area contributed by atoms with Crippen LogP contribution >= 0.6 is 11.3 Å². The van der Waals surface area contributed by atoms with Crippen LogP contribution in [0.15, 0.2) is 24.3 Å². The van der Waals surface area contributed by atoms with Gasteiger partial charge in [-0.3, -0.25) is 0 Å². The van der Waals surface area contributed by atoms with Crippen molar-refractivity contribution in [3.05, 3.63) is 46.3 Å². The molecule has 25 heavy (non-hydrogen) atoms. The number of hydrogen-bond acceptors (Lipinski definition) is 4. The topological polar surface area (TPSA) is 54.9 Å². The Labute approximate surface area is 149 Å². The lowest BCUT2D eigenvalue weighted by Gasteiger charge is -2.36. The minimum atomic E-state index is -0.245. The molecule has 2 aromatic heterocycles. The smallest absolute Gasteiger partial charge is 0.235 e. The van der Waals surface area contributed by atoms with Gasteiger partial charge in [0, 0.05) is 0 Å². The molecule has 0 spiro atoms. The van der Waals surface area contributed by atoms with Crippen LogP contribution in [-0.2, 0) is 0 Å². The van der Waals surface area contributed by atoms with Crippen molar-refractivity contribution in [1.82, 2.24) is 14.6 Å². The maximum atomic E-state index is 14.7. The van der Waals surface area contributed by atoms with Crippen molar-refractivity contribution in [1.29, 1.82) is 0 Å². The number of piperidine rings is 1. The van der Waals surface area contributed by atoms with Crippen LogP contribution in [0.1, 0.15) is 48.5 Å². The zero-order chi connectivity index (χ0) is 17.6. The summed E-state index contributed by atoms with van der Waals surface area (Å²) in [5, 5.41) is 15.0. The first-order chi connectivity index (χ1) is 12.1. The van der Waals surface area contributed by atoms with E-state index >= 15 is 0 Å². The third-order valence-electron chi connectivity index (χ3n) is 5.14. The minimum absolute atomic E-state index is 0.0825. The highest BCUT2D eigenvalue weighted by Gasteiger charge is 2.38. The van der Waals surface area contributed by atoms with Crippen LogP contribution in [0.2, 0.25) is 0 Å². The van der Waals surface area contributed by atoms with Crippen LogP contribution in [0, 0.1) is 12.7 Å². The van der Waals surface area contributed by atoms with Gasteiger partial charge in [-0.05, 0) is 45.2 Å². The summed E-state index contributed by atoms with van der Waals surface area (Å²) in [6.07, 6.45) is 3.43. The molecule has 7 heteroatoms. The molecule has 132 valence electrons. The van der Waals surface area contributed by atoms with E-state index in [-0.39, 0.29) is 17.7 Å². The molecule has 3 atom stereocenters. The number of fused-ring (bicyclic) bond motifs is 1. The van der Waals surface area contributed by atoms with Gasteiger partial charge in [0.15, 0.2) is 6.04 Å². The fourth-order valence-electron chi connectivity index (χ4n) is 3.89. The molecule has 0 amide bonds. The van der Waals surface area contributed by atoms with Gasteiger partial charge in [-0.15, -0.1) is 5.10 Å². The Morgan fingerprint density at radius 1 is 1.36 bits per heavy atom. The Hall–Kier alpha value is -1.99. The van der Waals surface area contributed by atoms with Crippen molar-refractivity contribution in [2.24, 2.45) is 0 Å². The number of benzene rings is 1. The molecule has 1 aliphatic heterocycles. The highest BCUT2D eigenvalue weighted by molar-refractivity contribution is 7.17. The Kier molecular flexibility index (Phi) is 4.21. The second-order valence-electron chi connectivity index (χ2n) is 6.82. The molecule has 1 unspecified atom stereocenters. The molecule has 4 rings (SSSR count). The van der Waals surface area contributed by atoms with Crippen LogP contribution in [0.4, 0.5) is 4.39 Å². The molecule has 1 aliphatic rings. The molecular formula is C18H22FN4OS+. The molecule has 0 radical (unpaired) electrons. The van der Waals surface area contributed by atoms with Gasteiger partial charge >= 0.3 is 0 Å². The van der Waals surface area contributed by atoms with E-state index < -0.39 is 0 Å². The lowest BCUT2D eigenvalue weighted by atomic mass is 9.96. The van der Waals surface area contributed by atoms with Crippen molar-refractivity contribution in [3.8, 4) is 5.88 Å². The van der Waals surface area contributed by atoms with Gasteiger partial charge in [0.25, 0.3) is 0 Å². The molecule has 0 aliphatic carbocycles. The third-order valence-corrected chi connectivity index (χ3v) is 6.23. The molecule has 0 bridgehead atoms. The van der Waals surface area contributed by atoms with E-state index in [2.05, 4.69) is 17.0 Å². The summed E-state index contributed by atoms with van der Waals surface area (Å²) in [5.41, 5.74) is 0.628. The number of likely N-dealkylation sites (tertiary alicyclic amines) is 1. The highest BCUT2D eigenvalue weighted by atomic mass is 32.1. The number of hydrogen-bond donors (Lipinski definition) is 2. The van der Waals surface area contributed by atoms with Crippen LogP contribution < -0.4 is 4.90 Å². The van der Waals surface area contributed by atoms with Gasteiger partial charge in [-0.2, -0.15) is 4.52 Å². The van der Waals surface area contributed by atoms with Gasteiger partial charge in [-0.25, -0.2) is 9.37 Å². The Balaban J connectivity index is 1.88. The van der Waals surface area contributed by atoms with Gasteiger partial charge in [0.2, 0.25) is 10.8 Å². The van der Waals surface area contributed by atoms with Crippen LogP contribution in [0.3, 0.4) is 0 Å². The van der Waals surface area contributed by atoms with Crippen molar-refractivity contribution < 1.29 is 14.4 Å². The quantitative estimate of drug-likeness (QED) is 0.754. The second-order valence-corrected chi connectivity index (χ2v) is 7.83. The lowest BCUT2D eigenvalue weighted by Crippen LogP contribution is -3.16. The summed E-state index contributed by atoms with van der Waals surface area (Å²) < 4.78 is 16.1. The number of thiazole rings is 1. The van der Waals surface area contributed by atoms with Gasteiger partial charge in [0.1, 0.15) is 16.5 Å². The maximum absolute atomic E-state index is 14.7. The largest absolute Gasteiger partial charge is 0.492 e. The van der Waals surface area contributed by atoms with E-state index in [0.29, 0.717) is 22.4 Å². The van der Waals surface area contributed by atoms with Gasteiger partial charge in [0.05, 0.1) is 18.2 Å². The van der Waals surface area contributed by atoms with Crippen molar-refractivity contribution in [3.63, 3.8) is 0 Å². The summed E-state index contributed by atoms with van der Waals surface area (Å²) in [6, 6.07) is 7.05. The standard InChI is InChI=1S/C18H21FN4OS/c1-11-7-5-6-10-22(11)15(13-8-3-4-9-14(13)19)16-17(24)23-18(25-16)20-12(2)21-23/h3-4,8-9,11,15,24H,5-7,10H2,1-2H3/p+1/t11-,15+/m0/s1. The highest BCUT2D eigenvalue weighted by Crippen LogP contribution is 2.36. The molecule has 0 saturated carbocycles. The zero-order valence-electron chi connectivity index (χ0n) is 14.4. The Bertz CT molecular complexity index is 906. The summed E-state index contributed by atoms with van der Waals surface area (Å²) in [4.78, 5) is 7.05. The van der Waals surface area contributed by atoms with E-state index in [4.69, 9.17) is 0 Å². The Morgan fingerprint density at radius 2 is 2.16 bits per heavy atom. The first-order valence-electron chi connectivity index (χ1n) is 8.71. The average Bonchev–Trinajstić information content (AvgIpc) is 3.09. The van der Waals surface area contributed by atoms with Crippen molar-refractivity contribution >= 4 is 16.3 Å². The minimum Gasteiger partial charge on any atom is -0.492 e. The number of aromatic nitrogens is 3. The summed E-state index contributed by atoms with van der Waals surface area (Å²) in [5.74, 6) is 0.473. The van der Waals surface area contributed by atoms with Gasteiger partial charge in [-0.1, -0.05) is 23.5 Å². The Morgan fingerprint density at radius 3 is 2.88 bits per heavy atom. The SMILES string of the molecule is Cc1nc2sc([C@@H](c3ccccc3F)[NH+]3CCCC[C@@H]3C)c(O)n2n1. The molecule has 2 N–H and O–H groups in total. The van der Waals surface area contributed by atoms with E-state index in [1.807, 2.05) is 12.1 Å². The first-order valence-corrected chi connectivity index (χ1v) is 9.53. The zero-order valence-corrected chi connectivity index (χ0v) is 15.2. The number of quaternary nitrogens is 1. The van der Waals surface area contributed by atoms with E-state index in [9.17, 15) is 9.50 Å². The fraction of sp³-hybridized carbons (Fsp3) is 0.444. The number of aryl methyl sites for hydroxylation is 1. The molecule has 1 aromatic carbocycles. The number of nitrogens with zero attached hydrogens (tertiary/aromatic N) is 3. The average molecular weight is 361 g/mol. The third kappa shape index (κ3) is 2.81. The molecule has 5 nitrogen and oxygen atoms in total. The molecule has 1 saturated heterocycles. The summed E-state index contributed by atoms with van der Waals surface area (Å²) >= 11 is 1.40. The van der Waals surface area contributed by atoms with E-state index in [1.165, 1.54) is 33.2 Å². The van der Waals surface area contributed by atoms with Crippen LogP contribution in [0.25, 0.3) is 4.96 Å². The molecule has 3 aromatic rings. The normalized spacial score (nSPS) is 22.4. The molecular weight excluding hydrogens is 339 g/mol. The second kappa shape index (κ2) is 6.38. The van der Waals surface area contributed by atoms with Crippen molar-refractivity contribution in [2.45, 2.75) is 45.2 Å². The number of halogens is 1. The van der Waals surface area contributed by atoms with Crippen molar-refractivity contribution in [2.75, 3.05) is 6.54 Å². The van der Waals surface area contributed by atoms with Gasteiger partial charge < -0.3 is 10.0 Å². The lowest BCUT2D eigenvalue weighted by molar-refractivity contribution is -0.952. The summed E-state index contributed by atoms with van der Waals surface area (Å²) in [6.45, 7) is 4.97. The maximum Gasteiger partial charge on any atom is 0.235 e. The van der Waals surface area contributed by atoms with Crippen LogP contribution in [-0.4, -0.2) is 32.3 Å². The number of rotatable bonds is 3. The van der Waals surface area contributed by atoms with E-state index in [0.717, 1.165) is 24.3 Å². The molecule has 3 heterocycles. The van der Waals surface area contributed by atoms with Crippen LogP contribution in [0.5, 0.6) is 5.88 Å². The predicted molar refractivity (Wildman–Crippen MR) is 94.7 cm³/mol. The number of aromatic hydroxyl groups is 1. The monoisotopic (exact) mass is 361 g/mol. The summed E-state index contributed by atoms with van der Waals surface area (Å²) in [7, 11) is 0.